The Morgan fingerprint density at radius 1 is 1.12 bits per heavy atom. The van der Waals surface area contributed by atoms with E-state index in [1.54, 1.807) is 24.3 Å². The molecule has 0 unspecified atom stereocenters. The largest absolute Gasteiger partial charge is 0.550 e. The van der Waals surface area contributed by atoms with Crippen LogP contribution < -0.4 is 16.9 Å². The molecule has 2 aromatic carbocycles. The van der Waals surface area contributed by atoms with Crippen LogP contribution in [0.4, 0.5) is 4.39 Å². The summed E-state index contributed by atoms with van der Waals surface area (Å²) in [6, 6.07) is 14.3. The molecule has 1 aromatic heterocycles. The molecule has 0 saturated heterocycles. The Kier molecular flexibility index (Phi) is 12.1. The first-order valence-electron chi connectivity index (χ1n) is 10.5. The monoisotopic (exact) mass is 477 g/mol. The Hall–Kier alpha value is -3.12. The van der Waals surface area contributed by atoms with Crippen LogP contribution >= 0.6 is 0 Å². The molecule has 10 heteroatoms. The average molecular weight is 478 g/mol. The summed E-state index contributed by atoms with van der Waals surface area (Å²) in [7, 11) is 0. The molecule has 0 bridgehead atoms. The van der Waals surface area contributed by atoms with Crippen molar-refractivity contribution >= 4 is 22.9 Å². The topological polar surface area (TPSA) is 180 Å². The van der Waals surface area contributed by atoms with E-state index in [2.05, 4.69) is 30.2 Å². The number of hydrogen-bond donors (Lipinski definition) is 6. The smallest absolute Gasteiger partial charge is 0.123 e. The van der Waals surface area contributed by atoms with Gasteiger partial charge in [0, 0.05) is 47.0 Å². The van der Waals surface area contributed by atoms with E-state index in [0.29, 0.717) is 0 Å². The van der Waals surface area contributed by atoms with Crippen molar-refractivity contribution in [3.8, 4) is 11.1 Å². The van der Waals surface area contributed by atoms with Gasteiger partial charge in [-0.1, -0.05) is 36.4 Å². The number of quaternary nitrogens is 1. The van der Waals surface area contributed by atoms with Crippen LogP contribution in [0.3, 0.4) is 0 Å². The van der Waals surface area contributed by atoms with E-state index in [1.807, 2.05) is 24.3 Å². The van der Waals surface area contributed by atoms with E-state index in [9.17, 15) is 24.5 Å². The number of aliphatic hydroxyl groups excluding tert-OH is 2. The Balaban J connectivity index is 0.00000137. The maximum atomic E-state index is 13.5. The van der Waals surface area contributed by atoms with Gasteiger partial charge in [-0.05, 0) is 43.7 Å². The summed E-state index contributed by atoms with van der Waals surface area (Å²) in [4.78, 5) is 10.6. The molecule has 0 spiro atoms. The molecule has 0 aliphatic carbocycles. The van der Waals surface area contributed by atoms with E-state index in [1.165, 1.54) is 12.1 Å². The summed E-state index contributed by atoms with van der Waals surface area (Å²) in [5.74, 6) is 4.07. The molecule has 1 heterocycles. The molecule has 0 aliphatic heterocycles. The van der Waals surface area contributed by atoms with Crippen molar-refractivity contribution in [2.75, 3.05) is 0 Å². The highest BCUT2D eigenvalue weighted by molar-refractivity contribution is 6.01. The lowest BCUT2D eigenvalue weighted by Gasteiger charge is -2.15. The maximum Gasteiger partial charge on any atom is 0.123 e. The molecule has 3 rings (SSSR count). The SMILES string of the molecule is CC(C)n1c(/C=C/[C@H](O)C[C@H](O)CC(=O)[O-])c(-c2ccc(F)cc2)c2ccccc21.NO.[NH3+]O. The zero-order valence-electron chi connectivity index (χ0n) is 19.1. The fourth-order valence-electron chi connectivity index (χ4n) is 3.76. The number of carboxylic acid groups (broad SMARTS) is 1. The second kappa shape index (κ2) is 14.2. The van der Waals surface area contributed by atoms with Gasteiger partial charge in [0.1, 0.15) is 5.82 Å². The Bertz CT molecular complexity index is 1070. The zero-order chi connectivity index (χ0) is 25.8. The maximum absolute atomic E-state index is 13.5. The molecule has 34 heavy (non-hydrogen) atoms. The fraction of sp³-hybridized carbons (Fsp3) is 0.292. The molecule has 0 amide bonds. The summed E-state index contributed by atoms with van der Waals surface area (Å²) in [5.41, 5.74) is 3.61. The highest BCUT2D eigenvalue weighted by Crippen LogP contribution is 2.38. The molecule has 0 saturated carbocycles. The molecule has 2 atom stereocenters. The Morgan fingerprint density at radius 2 is 1.71 bits per heavy atom. The molecule has 9 N–H and O–H groups in total. The summed E-state index contributed by atoms with van der Waals surface area (Å²) < 4.78 is 15.6. The number of carboxylic acids is 1. The predicted octanol–water partition coefficient (Wildman–Crippen LogP) is 1.25. The standard InChI is InChI=1S/C24H26FNO4.H4NO.H3NO/c1-15(2)26-21-6-4-3-5-20(21)24(16-7-9-17(25)10-8-16)22(26)12-11-18(27)13-19(28)14-23(29)30;2*1-2/h3-12,15,18-19,27-28H,13-14H2,1-2H3,(H,29,30);2H,1H3;2H,1H2/q;+1;/p-1/b12-11+;;/t18-,19-;;/m0../s1. The van der Waals surface area contributed by atoms with Crippen molar-refractivity contribution in [3.05, 3.63) is 66.1 Å². The minimum absolute atomic E-state index is 0.113. The number of fused-ring (bicyclic) bond motifs is 1. The van der Waals surface area contributed by atoms with E-state index < -0.39 is 24.6 Å². The third-order valence-corrected chi connectivity index (χ3v) is 4.99. The van der Waals surface area contributed by atoms with Gasteiger partial charge in [-0.3, -0.25) is 0 Å². The number of aliphatic carboxylic acids is 1. The third-order valence-electron chi connectivity index (χ3n) is 4.99. The highest BCUT2D eigenvalue weighted by Gasteiger charge is 2.19. The Labute approximate surface area is 196 Å². The Morgan fingerprint density at radius 3 is 2.26 bits per heavy atom. The number of nitrogens with two attached hydrogens (primary N) is 1. The van der Waals surface area contributed by atoms with Crippen LogP contribution in [0.25, 0.3) is 28.1 Å². The molecule has 9 nitrogen and oxygen atoms in total. The van der Waals surface area contributed by atoms with Gasteiger partial charge >= 0.3 is 0 Å². The molecular weight excluding hydrogens is 445 g/mol. The predicted molar refractivity (Wildman–Crippen MR) is 124 cm³/mol. The number of para-hydroxylation sites is 1. The van der Waals surface area contributed by atoms with Gasteiger partial charge in [0.15, 0.2) is 0 Å². The lowest BCUT2D eigenvalue weighted by molar-refractivity contribution is -0.670. The molecule has 0 radical (unpaired) electrons. The van der Waals surface area contributed by atoms with Crippen LogP contribution in [-0.4, -0.2) is 43.4 Å². The number of carbonyl (C=O) groups excluding carboxylic acids is 1. The summed E-state index contributed by atoms with van der Waals surface area (Å²) in [5, 5.41) is 44.9. The minimum Gasteiger partial charge on any atom is -0.550 e. The van der Waals surface area contributed by atoms with Gasteiger partial charge < -0.3 is 29.9 Å². The minimum atomic E-state index is -1.36. The first-order valence-corrected chi connectivity index (χ1v) is 10.5. The van der Waals surface area contributed by atoms with Gasteiger partial charge in [0.25, 0.3) is 0 Å². The summed E-state index contributed by atoms with van der Waals surface area (Å²) in [6.07, 6.45) is 0.450. The molecular formula is C24H32FN3O6. The number of carbonyl (C=O) groups is 1. The second-order valence-electron chi connectivity index (χ2n) is 7.64. The van der Waals surface area contributed by atoms with Crippen LogP contribution in [0.15, 0.2) is 54.6 Å². The van der Waals surface area contributed by atoms with E-state index in [-0.39, 0.29) is 18.3 Å². The van der Waals surface area contributed by atoms with Crippen molar-refractivity contribution in [2.45, 2.75) is 44.9 Å². The molecule has 0 fully saturated rings. The van der Waals surface area contributed by atoms with Crippen LogP contribution in [0.5, 0.6) is 0 Å². The number of halogens is 1. The summed E-state index contributed by atoms with van der Waals surface area (Å²) in [6.45, 7) is 4.11. The number of rotatable bonds is 8. The van der Waals surface area contributed by atoms with Crippen molar-refractivity contribution < 1.29 is 40.8 Å². The first kappa shape index (κ1) is 28.9. The lowest BCUT2D eigenvalue weighted by Crippen LogP contribution is -2.42. The molecule has 3 aromatic rings. The van der Waals surface area contributed by atoms with Crippen molar-refractivity contribution in [1.82, 2.24) is 4.57 Å². The van der Waals surface area contributed by atoms with Gasteiger partial charge in [-0.25, -0.2) is 21.4 Å². The third kappa shape index (κ3) is 7.45. The number of hydrogen-bond acceptors (Lipinski definition) is 7. The molecule has 0 aliphatic rings. The highest BCUT2D eigenvalue weighted by atomic mass is 19.1. The van der Waals surface area contributed by atoms with E-state index >= 15 is 0 Å². The summed E-state index contributed by atoms with van der Waals surface area (Å²) >= 11 is 0. The van der Waals surface area contributed by atoms with Crippen molar-refractivity contribution in [3.63, 3.8) is 0 Å². The van der Waals surface area contributed by atoms with Gasteiger partial charge in [0.05, 0.1) is 12.2 Å². The van der Waals surface area contributed by atoms with Crippen LogP contribution in [0, 0.1) is 5.82 Å². The number of benzene rings is 2. The van der Waals surface area contributed by atoms with Crippen molar-refractivity contribution in [2.24, 2.45) is 5.90 Å². The number of nitrogens with zero attached hydrogens (tertiary/aromatic N) is 1. The van der Waals surface area contributed by atoms with E-state index in [4.69, 9.17) is 10.4 Å². The van der Waals surface area contributed by atoms with Crippen LogP contribution in [0.2, 0.25) is 0 Å². The molecule has 186 valence electrons. The van der Waals surface area contributed by atoms with Crippen LogP contribution in [-0.2, 0) is 4.79 Å². The fourth-order valence-corrected chi connectivity index (χ4v) is 3.76. The average Bonchev–Trinajstić information content (AvgIpc) is 3.14. The lowest BCUT2D eigenvalue weighted by atomic mass is 10.0. The number of aromatic nitrogens is 1. The number of aliphatic hydroxyl groups is 2. The van der Waals surface area contributed by atoms with Gasteiger partial charge in [-0.15, -0.1) is 0 Å². The van der Waals surface area contributed by atoms with Crippen molar-refractivity contribution in [1.29, 1.82) is 0 Å². The zero-order valence-corrected chi connectivity index (χ0v) is 19.1. The second-order valence-corrected chi connectivity index (χ2v) is 7.64. The first-order chi connectivity index (χ1) is 16.3. The van der Waals surface area contributed by atoms with E-state index in [0.717, 1.165) is 27.7 Å². The van der Waals surface area contributed by atoms with Gasteiger partial charge in [0.2, 0.25) is 0 Å². The quantitative estimate of drug-likeness (QED) is 0.264. The normalized spacial score (nSPS) is 12.6. The van der Waals surface area contributed by atoms with Gasteiger partial charge in [-0.2, -0.15) is 0 Å². The van der Waals surface area contributed by atoms with Crippen LogP contribution in [0.1, 0.15) is 38.4 Å².